The number of hydrogen-bond donors (Lipinski definition) is 1. The fraction of sp³-hybridized carbons (Fsp3) is 0.308. The van der Waals surface area contributed by atoms with Crippen molar-refractivity contribution in [1.82, 2.24) is 14.4 Å². The lowest BCUT2D eigenvalue weighted by Crippen LogP contribution is -2.37. The van der Waals surface area contributed by atoms with Gasteiger partial charge in [-0.15, -0.1) is 0 Å². The van der Waals surface area contributed by atoms with E-state index < -0.39 is 0 Å². The number of benzene rings is 2. The molecule has 1 fully saturated rings. The molecule has 176 valence electrons. The molecule has 0 radical (unpaired) electrons. The Labute approximate surface area is 199 Å². The summed E-state index contributed by atoms with van der Waals surface area (Å²) in [6.07, 6.45) is 3.80. The van der Waals surface area contributed by atoms with Crippen molar-refractivity contribution in [2.45, 2.75) is 13.5 Å². The van der Waals surface area contributed by atoms with E-state index in [0.29, 0.717) is 31.3 Å². The van der Waals surface area contributed by atoms with E-state index in [1.165, 1.54) is 5.56 Å². The van der Waals surface area contributed by atoms with Crippen LogP contribution in [0.2, 0.25) is 0 Å². The molecule has 0 saturated carbocycles. The first-order valence-corrected chi connectivity index (χ1v) is 11.4. The molecule has 34 heavy (non-hydrogen) atoms. The van der Waals surface area contributed by atoms with Gasteiger partial charge < -0.3 is 24.4 Å². The molecule has 8 nitrogen and oxygen atoms in total. The minimum Gasteiger partial charge on any atom is -0.493 e. The van der Waals surface area contributed by atoms with Gasteiger partial charge in [-0.25, -0.2) is 9.97 Å². The Morgan fingerprint density at radius 1 is 1.03 bits per heavy atom. The molecule has 8 heteroatoms. The van der Waals surface area contributed by atoms with Crippen LogP contribution in [0.25, 0.3) is 16.8 Å². The fourth-order valence-corrected chi connectivity index (χ4v) is 4.43. The maximum absolute atomic E-state index is 5.51. The molecule has 0 aliphatic carbocycles. The Morgan fingerprint density at radius 3 is 2.62 bits per heavy atom. The third kappa shape index (κ3) is 4.12. The lowest BCUT2D eigenvalue weighted by molar-refractivity contribution is 0.122. The summed E-state index contributed by atoms with van der Waals surface area (Å²) in [6, 6.07) is 14.4. The molecule has 1 N–H and O–H groups in total. The minimum atomic E-state index is 0.647. The smallest absolute Gasteiger partial charge is 0.182 e. The summed E-state index contributed by atoms with van der Waals surface area (Å²) in [5.41, 5.74) is 5.18. The van der Waals surface area contributed by atoms with Crippen molar-refractivity contribution in [2.24, 2.45) is 0 Å². The van der Waals surface area contributed by atoms with E-state index in [0.717, 1.165) is 47.2 Å². The maximum atomic E-state index is 5.51. The number of methoxy groups -OCH3 is 2. The molecule has 4 aromatic rings. The van der Waals surface area contributed by atoms with Gasteiger partial charge in [-0.1, -0.05) is 30.3 Å². The molecule has 1 aliphatic rings. The van der Waals surface area contributed by atoms with E-state index in [9.17, 15) is 0 Å². The number of aromatic nitrogens is 3. The van der Waals surface area contributed by atoms with Crippen LogP contribution in [0.1, 0.15) is 11.3 Å². The monoisotopic (exact) mass is 459 g/mol. The summed E-state index contributed by atoms with van der Waals surface area (Å²) in [5, 5.41) is 3.62. The molecule has 2 aromatic carbocycles. The van der Waals surface area contributed by atoms with Gasteiger partial charge in [0.15, 0.2) is 23.0 Å². The first-order chi connectivity index (χ1) is 16.7. The van der Waals surface area contributed by atoms with Crippen LogP contribution in [0, 0.1) is 6.92 Å². The van der Waals surface area contributed by atoms with Gasteiger partial charge >= 0.3 is 0 Å². The Kier molecular flexibility index (Phi) is 6.22. The van der Waals surface area contributed by atoms with E-state index in [1.807, 2.05) is 31.5 Å². The summed E-state index contributed by atoms with van der Waals surface area (Å²) < 4.78 is 18.5. The molecule has 5 rings (SSSR count). The van der Waals surface area contributed by atoms with Crippen molar-refractivity contribution >= 4 is 17.3 Å². The van der Waals surface area contributed by atoms with Crippen LogP contribution in [0.4, 0.5) is 11.6 Å². The summed E-state index contributed by atoms with van der Waals surface area (Å²) in [6.45, 7) is 5.73. The number of hydrogen-bond acceptors (Lipinski definition) is 7. The first-order valence-electron chi connectivity index (χ1n) is 11.4. The number of fused-ring (bicyclic) bond motifs is 1. The van der Waals surface area contributed by atoms with E-state index in [2.05, 4.69) is 49.9 Å². The highest BCUT2D eigenvalue weighted by Crippen LogP contribution is 2.34. The number of anilines is 2. The fourth-order valence-electron chi connectivity index (χ4n) is 4.43. The predicted octanol–water partition coefficient (Wildman–Crippen LogP) is 4.17. The third-order valence-corrected chi connectivity index (χ3v) is 6.17. The number of rotatable bonds is 7. The topological polar surface area (TPSA) is 73.2 Å². The van der Waals surface area contributed by atoms with Crippen LogP contribution < -0.4 is 19.7 Å². The van der Waals surface area contributed by atoms with E-state index in [4.69, 9.17) is 19.2 Å². The van der Waals surface area contributed by atoms with Crippen molar-refractivity contribution < 1.29 is 14.2 Å². The standard InChI is InChI=1S/C26H29N5O3/c1-18-24(31-11-10-27-25(26(31)29-18)30-12-14-34-15-13-30)28-17-20-6-4-5-7-21(20)19-8-9-22(32-2)23(16-19)33-3/h4-11,16,28H,12-15,17H2,1-3H3. The highest BCUT2D eigenvalue weighted by Gasteiger charge is 2.19. The third-order valence-electron chi connectivity index (χ3n) is 6.17. The zero-order valence-corrected chi connectivity index (χ0v) is 19.7. The number of aryl methyl sites for hydroxylation is 1. The zero-order valence-electron chi connectivity index (χ0n) is 19.7. The summed E-state index contributed by atoms with van der Waals surface area (Å²) in [4.78, 5) is 11.7. The van der Waals surface area contributed by atoms with Gasteiger partial charge in [0.1, 0.15) is 5.82 Å². The Hall–Kier alpha value is -3.78. The van der Waals surface area contributed by atoms with Crippen LogP contribution in [0.15, 0.2) is 54.9 Å². The minimum absolute atomic E-state index is 0.647. The van der Waals surface area contributed by atoms with Crippen LogP contribution >= 0.6 is 0 Å². The van der Waals surface area contributed by atoms with Gasteiger partial charge in [0, 0.05) is 32.0 Å². The molecule has 0 bridgehead atoms. The molecular weight excluding hydrogens is 430 g/mol. The van der Waals surface area contributed by atoms with Crippen molar-refractivity contribution in [3.63, 3.8) is 0 Å². The molecule has 1 aliphatic heterocycles. The summed E-state index contributed by atoms with van der Waals surface area (Å²) in [7, 11) is 3.30. The quantitative estimate of drug-likeness (QED) is 0.445. The SMILES string of the molecule is COc1ccc(-c2ccccc2CNc2c(C)nc3c(N4CCOCC4)nccn23)cc1OC. The van der Waals surface area contributed by atoms with Crippen molar-refractivity contribution in [3.05, 3.63) is 66.1 Å². The van der Waals surface area contributed by atoms with Gasteiger partial charge in [0.05, 0.1) is 33.1 Å². The molecule has 3 heterocycles. The Balaban J connectivity index is 1.44. The second-order valence-corrected chi connectivity index (χ2v) is 8.17. The van der Waals surface area contributed by atoms with Gasteiger partial charge in [0.2, 0.25) is 0 Å². The average Bonchev–Trinajstić information content (AvgIpc) is 3.22. The zero-order chi connectivity index (χ0) is 23.5. The second-order valence-electron chi connectivity index (χ2n) is 8.17. The normalized spacial score (nSPS) is 13.8. The van der Waals surface area contributed by atoms with E-state index in [1.54, 1.807) is 14.2 Å². The number of ether oxygens (including phenoxy) is 3. The largest absolute Gasteiger partial charge is 0.493 e. The highest BCUT2D eigenvalue weighted by atomic mass is 16.5. The molecule has 0 atom stereocenters. The van der Waals surface area contributed by atoms with Crippen LogP contribution in [0.5, 0.6) is 11.5 Å². The van der Waals surface area contributed by atoms with Gasteiger partial charge in [0.25, 0.3) is 0 Å². The molecule has 2 aromatic heterocycles. The van der Waals surface area contributed by atoms with Crippen LogP contribution in [-0.4, -0.2) is 54.9 Å². The lowest BCUT2D eigenvalue weighted by atomic mass is 9.99. The number of nitrogens with one attached hydrogen (secondary N) is 1. The van der Waals surface area contributed by atoms with Gasteiger partial charge in [-0.05, 0) is 35.7 Å². The van der Waals surface area contributed by atoms with Crippen molar-refractivity contribution in [1.29, 1.82) is 0 Å². The number of morpholine rings is 1. The van der Waals surface area contributed by atoms with Gasteiger partial charge in [-0.3, -0.25) is 4.40 Å². The van der Waals surface area contributed by atoms with Crippen molar-refractivity contribution in [2.75, 3.05) is 50.7 Å². The second kappa shape index (κ2) is 9.61. The Morgan fingerprint density at radius 2 is 1.82 bits per heavy atom. The maximum Gasteiger partial charge on any atom is 0.182 e. The first kappa shape index (κ1) is 22.0. The Bertz CT molecular complexity index is 1300. The van der Waals surface area contributed by atoms with Crippen LogP contribution in [0.3, 0.4) is 0 Å². The summed E-state index contributed by atoms with van der Waals surface area (Å²) in [5.74, 6) is 3.29. The average molecular weight is 460 g/mol. The van der Waals surface area contributed by atoms with E-state index in [-0.39, 0.29) is 0 Å². The van der Waals surface area contributed by atoms with Crippen LogP contribution in [-0.2, 0) is 11.3 Å². The molecule has 0 unspecified atom stereocenters. The van der Waals surface area contributed by atoms with E-state index >= 15 is 0 Å². The predicted molar refractivity (Wildman–Crippen MR) is 133 cm³/mol. The number of nitrogens with zero attached hydrogens (tertiary/aromatic N) is 4. The molecule has 1 saturated heterocycles. The van der Waals surface area contributed by atoms with Gasteiger partial charge in [-0.2, -0.15) is 0 Å². The molecule has 0 spiro atoms. The van der Waals surface area contributed by atoms with Crippen molar-refractivity contribution in [3.8, 4) is 22.6 Å². The number of imidazole rings is 1. The summed E-state index contributed by atoms with van der Waals surface area (Å²) >= 11 is 0. The highest BCUT2D eigenvalue weighted by molar-refractivity contribution is 5.72. The molecular formula is C26H29N5O3. The lowest BCUT2D eigenvalue weighted by Gasteiger charge is -2.27. The molecule has 0 amide bonds.